The van der Waals surface area contributed by atoms with Crippen LogP contribution in [0, 0.1) is 5.92 Å². The van der Waals surface area contributed by atoms with Gasteiger partial charge in [-0.25, -0.2) is 4.79 Å². The molecule has 0 radical (unpaired) electrons. The largest absolute Gasteiger partial charge is 0.465 e. The van der Waals surface area contributed by atoms with E-state index in [4.69, 9.17) is 28.4 Å². The van der Waals surface area contributed by atoms with Crippen LogP contribution in [0.4, 0.5) is 0 Å². The van der Waals surface area contributed by atoms with E-state index in [1.165, 1.54) is 0 Å². The van der Waals surface area contributed by atoms with Gasteiger partial charge in [0, 0.05) is 13.1 Å². The maximum Gasteiger partial charge on any atom is 0.338 e. The third-order valence-corrected chi connectivity index (χ3v) is 6.29. The molecule has 3 heterocycles. The highest BCUT2D eigenvalue weighted by Crippen LogP contribution is 2.37. The fourth-order valence-electron chi connectivity index (χ4n) is 4.37. The van der Waals surface area contributed by atoms with Gasteiger partial charge in [-0.3, -0.25) is 9.59 Å². The summed E-state index contributed by atoms with van der Waals surface area (Å²) in [5.41, 5.74) is 1.85. The van der Waals surface area contributed by atoms with Crippen molar-refractivity contribution < 1.29 is 42.8 Å². The summed E-state index contributed by atoms with van der Waals surface area (Å²) in [4.78, 5) is 38.1. The number of hydrogen-bond donors (Lipinski definition) is 0. The molecule has 38 heavy (non-hydrogen) atoms. The summed E-state index contributed by atoms with van der Waals surface area (Å²) in [6.07, 6.45) is 0. The van der Waals surface area contributed by atoms with Crippen molar-refractivity contribution in [3.8, 4) is 23.0 Å². The second-order valence-electron chi connectivity index (χ2n) is 8.86. The summed E-state index contributed by atoms with van der Waals surface area (Å²) in [7, 11) is 1.90. The number of benzene rings is 2. The molecule has 3 aliphatic rings. The van der Waals surface area contributed by atoms with E-state index in [1.807, 2.05) is 24.1 Å². The van der Waals surface area contributed by atoms with E-state index in [0.29, 0.717) is 53.8 Å². The fraction of sp³-hybridized carbons (Fsp3) is 0.393. The number of nitrogens with zero attached hydrogens (tertiary/aromatic N) is 1. The number of carbonyl (C=O) groups is 3. The first kappa shape index (κ1) is 27.0. The molecule has 2 unspecified atom stereocenters. The lowest BCUT2D eigenvalue weighted by Gasteiger charge is -2.33. The van der Waals surface area contributed by atoms with Crippen molar-refractivity contribution in [2.24, 2.45) is 5.92 Å². The number of likely N-dealkylation sites (N-methyl/N-ethyl adjacent to an activating group) is 1. The maximum absolute atomic E-state index is 12.7. The molecule has 0 spiro atoms. The molecular formula is C28H31NO9. The first-order valence-electron chi connectivity index (χ1n) is 12.4. The first-order chi connectivity index (χ1) is 18.3. The number of ether oxygens (including phenoxy) is 6. The molecule has 0 aliphatic carbocycles. The molecule has 1 fully saturated rings. The van der Waals surface area contributed by atoms with Crippen molar-refractivity contribution in [2.45, 2.75) is 19.8 Å². The van der Waals surface area contributed by atoms with Gasteiger partial charge in [-0.2, -0.15) is 0 Å². The molecule has 5 rings (SSSR count). The summed E-state index contributed by atoms with van der Waals surface area (Å²) in [5.74, 6) is 0.607. The van der Waals surface area contributed by atoms with Crippen LogP contribution in [0.3, 0.4) is 0 Å². The Hall–Kier alpha value is -4.05. The number of hydrogen-bond acceptors (Lipinski definition) is 10. The number of likely N-dealkylation sites (tertiary alicyclic amines) is 1. The number of carbonyl (C=O) groups excluding carboxylic acids is 3. The molecule has 1 saturated heterocycles. The average Bonchev–Trinajstić information content (AvgIpc) is 3.58. The normalized spacial score (nSPS) is 19.3. The van der Waals surface area contributed by atoms with Crippen LogP contribution in [-0.2, 0) is 23.9 Å². The molecule has 2 aromatic carbocycles. The van der Waals surface area contributed by atoms with Crippen LogP contribution in [-0.4, -0.2) is 69.6 Å². The van der Waals surface area contributed by atoms with E-state index in [2.05, 4.69) is 6.58 Å². The van der Waals surface area contributed by atoms with Crippen molar-refractivity contribution in [1.82, 2.24) is 4.90 Å². The lowest BCUT2D eigenvalue weighted by Crippen LogP contribution is -2.47. The van der Waals surface area contributed by atoms with Crippen LogP contribution in [0.1, 0.15) is 30.9 Å². The molecule has 3 aliphatic heterocycles. The van der Waals surface area contributed by atoms with E-state index in [-0.39, 0.29) is 31.9 Å². The molecule has 10 heteroatoms. The van der Waals surface area contributed by atoms with Gasteiger partial charge in [-0.1, -0.05) is 18.7 Å². The zero-order valence-electron chi connectivity index (χ0n) is 21.7. The highest BCUT2D eigenvalue weighted by molar-refractivity contribution is 6.15. The number of rotatable bonds is 6. The molecule has 2 aromatic rings. The standard InChI is InChI=1S/C16H19NO5.C12H12O4/c1-3-20-16(19)12-8-17(2)7-11(15(12)18)10-4-5-13-14(6-10)22-9-21-13;1-3-14-12(13)8(2)9-4-5-10-11(6-9)16-7-15-10/h4-6,11-12H,3,7-9H2,1-2H3;4-6H,2-3,7H2,1H3. The van der Waals surface area contributed by atoms with Gasteiger partial charge in [-0.05, 0) is 56.3 Å². The quantitative estimate of drug-likeness (QED) is 0.317. The Bertz CT molecular complexity index is 1220. The minimum Gasteiger partial charge on any atom is -0.465 e. The van der Waals surface area contributed by atoms with E-state index in [9.17, 15) is 14.4 Å². The summed E-state index contributed by atoms with van der Waals surface area (Å²) >= 11 is 0. The van der Waals surface area contributed by atoms with E-state index < -0.39 is 17.9 Å². The van der Waals surface area contributed by atoms with Gasteiger partial charge in [0.2, 0.25) is 13.6 Å². The monoisotopic (exact) mass is 525 g/mol. The van der Waals surface area contributed by atoms with Gasteiger partial charge in [0.25, 0.3) is 0 Å². The SMILES string of the molecule is C=C(C(=O)OCC)c1ccc2c(c1)OCO2.CCOC(=O)C1CN(C)CC(c2ccc3c(c2)OCO3)C1=O. The summed E-state index contributed by atoms with van der Waals surface area (Å²) < 4.78 is 30.9. The Kier molecular flexibility index (Phi) is 8.52. The Labute approximate surface area is 221 Å². The average molecular weight is 526 g/mol. The molecule has 0 bridgehead atoms. The first-order valence-corrected chi connectivity index (χ1v) is 12.4. The smallest absolute Gasteiger partial charge is 0.338 e. The summed E-state index contributed by atoms with van der Waals surface area (Å²) in [6, 6.07) is 10.7. The number of ketones is 1. The van der Waals surface area contributed by atoms with Crippen molar-refractivity contribution in [3.05, 3.63) is 54.1 Å². The zero-order chi connectivity index (χ0) is 27.2. The maximum atomic E-state index is 12.7. The molecule has 0 saturated carbocycles. The lowest BCUT2D eigenvalue weighted by atomic mass is 9.83. The van der Waals surface area contributed by atoms with Crippen LogP contribution in [0.15, 0.2) is 43.0 Å². The van der Waals surface area contributed by atoms with E-state index >= 15 is 0 Å². The lowest BCUT2D eigenvalue weighted by molar-refractivity contribution is -0.154. The Morgan fingerprint density at radius 3 is 2.16 bits per heavy atom. The number of fused-ring (bicyclic) bond motifs is 2. The minimum absolute atomic E-state index is 0.0876. The van der Waals surface area contributed by atoms with Gasteiger partial charge < -0.3 is 33.3 Å². The highest BCUT2D eigenvalue weighted by Gasteiger charge is 2.40. The number of esters is 2. The third kappa shape index (κ3) is 5.91. The van der Waals surface area contributed by atoms with Crippen molar-refractivity contribution in [2.75, 3.05) is 46.9 Å². The molecule has 10 nitrogen and oxygen atoms in total. The molecule has 0 aromatic heterocycles. The van der Waals surface area contributed by atoms with E-state index in [1.54, 1.807) is 38.1 Å². The summed E-state index contributed by atoms with van der Waals surface area (Å²) in [5, 5.41) is 0. The fourth-order valence-corrected chi connectivity index (χ4v) is 4.37. The second kappa shape index (κ2) is 12.0. The molecule has 0 amide bonds. The Morgan fingerprint density at radius 2 is 1.50 bits per heavy atom. The van der Waals surface area contributed by atoms with Gasteiger partial charge in [0.15, 0.2) is 28.8 Å². The van der Waals surface area contributed by atoms with Crippen molar-refractivity contribution in [1.29, 1.82) is 0 Å². The predicted octanol–water partition coefficient (Wildman–Crippen LogP) is 3.18. The Morgan fingerprint density at radius 1 is 0.895 bits per heavy atom. The Balaban J connectivity index is 0.000000186. The van der Waals surface area contributed by atoms with Crippen LogP contribution in [0.5, 0.6) is 23.0 Å². The van der Waals surface area contributed by atoms with Crippen molar-refractivity contribution >= 4 is 23.3 Å². The summed E-state index contributed by atoms with van der Waals surface area (Å²) in [6.45, 7) is 9.20. The number of Topliss-reactive ketones (excluding diaryl/α,β-unsaturated/α-hetero) is 1. The zero-order valence-corrected chi connectivity index (χ0v) is 21.7. The number of piperidine rings is 1. The van der Waals surface area contributed by atoms with Gasteiger partial charge in [0.05, 0.1) is 24.7 Å². The van der Waals surface area contributed by atoms with Crippen LogP contribution >= 0.6 is 0 Å². The van der Waals surface area contributed by atoms with Crippen LogP contribution in [0.25, 0.3) is 5.57 Å². The van der Waals surface area contributed by atoms with Gasteiger partial charge in [-0.15, -0.1) is 0 Å². The topological polar surface area (TPSA) is 110 Å². The molecule has 202 valence electrons. The van der Waals surface area contributed by atoms with Gasteiger partial charge in [0.1, 0.15) is 5.92 Å². The predicted molar refractivity (Wildman–Crippen MR) is 136 cm³/mol. The highest BCUT2D eigenvalue weighted by atomic mass is 16.7. The molecule has 2 atom stereocenters. The molecular weight excluding hydrogens is 494 g/mol. The molecule has 0 N–H and O–H groups in total. The van der Waals surface area contributed by atoms with Gasteiger partial charge >= 0.3 is 11.9 Å². The van der Waals surface area contributed by atoms with Crippen LogP contribution < -0.4 is 18.9 Å². The minimum atomic E-state index is -0.728. The second-order valence-corrected chi connectivity index (χ2v) is 8.86. The van der Waals surface area contributed by atoms with Crippen LogP contribution in [0.2, 0.25) is 0 Å². The van der Waals surface area contributed by atoms with Crippen molar-refractivity contribution in [3.63, 3.8) is 0 Å². The van der Waals surface area contributed by atoms with E-state index in [0.717, 1.165) is 5.56 Å². The third-order valence-electron chi connectivity index (χ3n) is 6.29.